The van der Waals surface area contributed by atoms with Crippen LogP contribution in [-0.4, -0.2) is 50.2 Å². The first-order valence-corrected chi connectivity index (χ1v) is 10.5. The predicted molar refractivity (Wildman–Crippen MR) is 102 cm³/mol. The number of benzene rings is 2. The lowest BCUT2D eigenvalue weighted by Gasteiger charge is -2.12. The molecule has 0 radical (unpaired) electrons. The maximum absolute atomic E-state index is 12.7. The molecule has 28 heavy (non-hydrogen) atoms. The molecule has 2 aromatic carbocycles. The second-order valence-electron chi connectivity index (χ2n) is 6.48. The van der Waals surface area contributed by atoms with Crippen LogP contribution in [0, 0.1) is 0 Å². The third kappa shape index (κ3) is 4.83. The lowest BCUT2D eigenvalue weighted by Crippen LogP contribution is -2.38. The molecule has 8 heteroatoms. The van der Waals surface area contributed by atoms with Gasteiger partial charge in [0.2, 0.25) is 0 Å². The predicted octanol–water partition coefficient (Wildman–Crippen LogP) is 1.38. The molecule has 1 saturated heterocycles. The van der Waals surface area contributed by atoms with Crippen LogP contribution >= 0.6 is 0 Å². The topological polar surface area (TPSA) is 107 Å². The Morgan fingerprint density at radius 1 is 0.964 bits per heavy atom. The van der Waals surface area contributed by atoms with E-state index in [2.05, 4.69) is 5.32 Å². The molecular formula is C20H19NO6S. The molecular weight excluding hydrogens is 382 g/mol. The highest BCUT2D eigenvalue weighted by Gasteiger charge is 2.29. The number of amides is 1. The molecule has 0 unspecified atom stereocenters. The third-order valence-electron chi connectivity index (χ3n) is 4.36. The van der Waals surface area contributed by atoms with E-state index >= 15 is 0 Å². The Balaban J connectivity index is 1.63. The fourth-order valence-corrected chi connectivity index (χ4v) is 4.66. The van der Waals surface area contributed by atoms with Crippen LogP contribution in [0.5, 0.6) is 0 Å². The number of esters is 1. The van der Waals surface area contributed by atoms with Crippen LogP contribution in [0.3, 0.4) is 0 Å². The standard InChI is InChI=1S/C20H19NO6S/c22-18(21-15-10-11-28(25,26)13-15)12-27-20(24)17-9-5-4-8-16(17)19(23)14-6-2-1-3-7-14/h1-9,15H,10-13H2,(H,21,22)/t15-/m0/s1. The summed E-state index contributed by atoms with van der Waals surface area (Å²) in [6.07, 6.45) is 0.344. The van der Waals surface area contributed by atoms with E-state index in [0.717, 1.165) is 0 Å². The maximum atomic E-state index is 12.7. The zero-order valence-corrected chi connectivity index (χ0v) is 15.8. The van der Waals surface area contributed by atoms with Crippen molar-refractivity contribution in [3.63, 3.8) is 0 Å². The van der Waals surface area contributed by atoms with E-state index in [1.54, 1.807) is 42.5 Å². The minimum absolute atomic E-state index is 0.0344. The van der Waals surface area contributed by atoms with Crippen molar-refractivity contribution in [3.8, 4) is 0 Å². The van der Waals surface area contributed by atoms with Crippen LogP contribution in [0.25, 0.3) is 0 Å². The van der Waals surface area contributed by atoms with Crippen molar-refractivity contribution in [2.75, 3.05) is 18.1 Å². The first kappa shape index (κ1) is 19.8. The molecule has 1 atom stereocenters. The lowest BCUT2D eigenvalue weighted by molar-refractivity contribution is -0.124. The zero-order chi connectivity index (χ0) is 20.1. The van der Waals surface area contributed by atoms with Crippen LogP contribution < -0.4 is 5.32 Å². The molecule has 1 fully saturated rings. The summed E-state index contributed by atoms with van der Waals surface area (Å²) >= 11 is 0. The average molecular weight is 401 g/mol. The minimum atomic E-state index is -3.12. The van der Waals surface area contributed by atoms with E-state index in [1.165, 1.54) is 12.1 Å². The van der Waals surface area contributed by atoms with Crippen molar-refractivity contribution in [1.29, 1.82) is 0 Å². The van der Waals surface area contributed by atoms with E-state index < -0.39 is 34.4 Å². The summed E-state index contributed by atoms with van der Waals surface area (Å²) in [4.78, 5) is 37.0. The fourth-order valence-electron chi connectivity index (χ4n) is 2.99. The molecule has 1 heterocycles. The third-order valence-corrected chi connectivity index (χ3v) is 6.13. The largest absolute Gasteiger partial charge is 0.452 e. The SMILES string of the molecule is O=C(COC(=O)c1ccccc1C(=O)c1ccccc1)N[C@H]1CCS(=O)(=O)C1. The maximum Gasteiger partial charge on any atom is 0.339 e. The average Bonchev–Trinajstić information content (AvgIpc) is 3.04. The van der Waals surface area contributed by atoms with Gasteiger partial charge in [-0.3, -0.25) is 9.59 Å². The Morgan fingerprint density at radius 3 is 2.25 bits per heavy atom. The van der Waals surface area contributed by atoms with Gasteiger partial charge in [0.25, 0.3) is 5.91 Å². The van der Waals surface area contributed by atoms with Gasteiger partial charge in [-0.2, -0.15) is 0 Å². The number of ether oxygens (including phenoxy) is 1. The number of hydrogen-bond acceptors (Lipinski definition) is 6. The molecule has 0 bridgehead atoms. The van der Waals surface area contributed by atoms with E-state index in [-0.39, 0.29) is 28.4 Å². The van der Waals surface area contributed by atoms with Crippen molar-refractivity contribution in [2.24, 2.45) is 0 Å². The van der Waals surface area contributed by atoms with Gasteiger partial charge in [0.05, 0.1) is 17.1 Å². The number of nitrogens with one attached hydrogen (secondary N) is 1. The molecule has 3 rings (SSSR count). The number of sulfone groups is 1. The quantitative estimate of drug-likeness (QED) is 0.579. The molecule has 0 spiro atoms. The first-order valence-electron chi connectivity index (χ1n) is 8.71. The summed E-state index contributed by atoms with van der Waals surface area (Å²) in [5.41, 5.74) is 0.677. The lowest BCUT2D eigenvalue weighted by atomic mass is 9.98. The van der Waals surface area contributed by atoms with Gasteiger partial charge >= 0.3 is 5.97 Å². The van der Waals surface area contributed by atoms with Gasteiger partial charge < -0.3 is 10.1 Å². The second kappa shape index (κ2) is 8.35. The Hall–Kier alpha value is -3.00. The van der Waals surface area contributed by atoms with Gasteiger partial charge in [-0.05, 0) is 12.5 Å². The highest BCUT2D eigenvalue weighted by molar-refractivity contribution is 7.91. The molecule has 0 aliphatic carbocycles. The van der Waals surface area contributed by atoms with Crippen LogP contribution in [-0.2, 0) is 19.4 Å². The van der Waals surface area contributed by atoms with Gasteiger partial charge in [0.15, 0.2) is 22.2 Å². The molecule has 0 aromatic heterocycles. The molecule has 1 aliphatic rings. The van der Waals surface area contributed by atoms with Crippen molar-refractivity contribution in [1.82, 2.24) is 5.32 Å². The molecule has 1 N–H and O–H groups in total. The Morgan fingerprint density at radius 2 is 1.61 bits per heavy atom. The normalized spacial score (nSPS) is 17.6. The molecule has 7 nitrogen and oxygen atoms in total. The fraction of sp³-hybridized carbons (Fsp3) is 0.250. The minimum Gasteiger partial charge on any atom is -0.452 e. The van der Waals surface area contributed by atoms with Crippen molar-refractivity contribution in [3.05, 3.63) is 71.3 Å². The molecule has 1 aliphatic heterocycles. The van der Waals surface area contributed by atoms with E-state index in [0.29, 0.717) is 12.0 Å². The summed E-state index contributed by atoms with van der Waals surface area (Å²) in [5, 5.41) is 2.54. The van der Waals surface area contributed by atoms with Crippen molar-refractivity contribution in [2.45, 2.75) is 12.5 Å². The molecule has 2 aromatic rings. The zero-order valence-electron chi connectivity index (χ0n) is 15.0. The molecule has 0 saturated carbocycles. The number of rotatable bonds is 6. The summed E-state index contributed by atoms with van der Waals surface area (Å²) < 4.78 is 27.9. The first-order chi connectivity index (χ1) is 13.4. The molecule has 146 valence electrons. The van der Waals surface area contributed by atoms with E-state index in [9.17, 15) is 22.8 Å². The van der Waals surface area contributed by atoms with E-state index in [4.69, 9.17) is 4.74 Å². The van der Waals surface area contributed by atoms with Gasteiger partial charge in [-0.1, -0.05) is 48.5 Å². The monoisotopic (exact) mass is 401 g/mol. The van der Waals surface area contributed by atoms with Crippen LogP contribution in [0.15, 0.2) is 54.6 Å². The van der Waals surface area contributed by atoms with E-state index in [1.807, 2.05) is 0 Å². The smallest absolute Gasteiger partial charge is 0.339 e. The molecule has 1 amide bonds. The number of carbonyl (C=O) groups excluding carboxylic acids is 3. The van der Waals surface area contributed by atoms with Crippen molar-refractivity contribution < 1.29 is 27.5 Å². The van der Waals surface area contributed by atoms with Crippen LogP contribution in [0.4, 0.5) is 0 Å². The summed E-state index contributed by atoms with van der Waals surface area (Å²) in [7, 11) is -3.12. The van der Waals surface area contributed by atoms with Gasteiger partial charge in [-0.25, -0.2) is 13.2 Å². The summed E-state index contributed by atoms with van der Waals surface area (Å²) in [6.45, 7) is -0.552. The highest BCUT2D eigenvalue weighted by Crippen LogP contribution is 2.16. The summed E-state index contributed by atoms with van der Waals surface area (Å²) in [5.74, 6) is -1.78. The Labute approximate surface area is 162 Å². The summed E-state index contributed by atoms with van der Waals surface area (Å²) in [6, 6.07) is 14.3. The Bertz CT molecular complexity index is 1000. The number of ketones is 1. The van der Waals surface area contributed by atoms with Crippen LogP contribution in [0.2, 0.25) is 0 Å². The second-order valence-corrected chi connectivity index (χ2v) is 8.71. The van der Waals surface area contributed by atoms with Crippen LogP contribution in [0.1, 0.15) is 32.7 Å². The van der Waals surface area contributed by atoms with Gasteiger partial charge in [0.1, 0.15) is 0 Å². The van der Waals surface area contributed by atoms with Crippen molar-refractivity contribution >= 4 is 27.5 Å². The number of hydrogen-bond donors (Lipinski definition) is 1. The van der Waals surface area contributed by atoms with Gasteiger partial charge in [0, 0.05) is 17.2 Å². The van der Waals surface area contributed by atoms with Gasteiger partial charge in [-0.15, -0.1) is 0 Å². The Kier molecular flexibility index (Phi) is 5.89. The number of carbonyl (C=O) groups is 3. The highest BCUT2D eigenvalue weighted by atomic mass is 32.2.